The molecule has 0 unspecified atom stereocenters. The first-order chi connectivity index (χ1) is 7.65. The Morgan fingerprint density at radius 3 is 2.62 bits per heavy atom. The van der Waals surface area contributed by atoms with Crippen LogP contribution in [0.25, 0.3) is 0 Å². The largest absolute Gasteiger partial charge is 0.457 e. The van der Waals surface area contributed by atoms with Gasteiger partial charge < -0.3 is 4.74 Å². The van der Waals surface area contributed by atoms with Crippen LogP contribution in [0.1, 0.15) is 5.56 Å². The van der Waals surface area contributed by atoms with Gasteiger partial charge in [-0.1, -0.05) is 23.2 Å². The van der Waals surface area contributed by atoms with Gasteiger partial charge in [0.25, 0.3) is 0 Å². The maximum absolute atomic E-state index is 5.86. The molecule has 0 amide bonds. The molecule has 0 radical (unpaired) electrons. The molecule has 2 aromatic rings. The molecule has 0 aliphatic rings. The van der Waals surface area contributed by atoms with Gasteiger partial charge in [0.2, 0.25) is 0 Å². The van der Waals surface area contributed by atoms with Gasteiger partial charge in [0.05, 0.1) is 0 Å². The zero-order valence-corrected chi connectivity index (χ0v) is 10.1. The third-order valence-corrected chi connectivity index (χ3v) is 2.50. The van der Waals surface area contributed by atoms with E-state index < -0.39 is 0 Å². The van der Waals surface area contributed by atoms with E-state index in [1.165, 1.54) is 0 Å². The highest BCUT2D eigenvalue weighted by Gasteiger charge is 2.02. The quantitative estimate of drug-likeness (QED) is 0.736. The average Bonchev–Trinajstić information content (AvgIpc) is 2.22. The molecular weight excluding hydrogens is 245 g/mol. The third kappa shape index (κ3) is 2.65. The van der Waals surface area contributed by atoms with Gasteiger partial charge >= 0.3 is 0 Å². The summed E-state index contributed by atoms with van der Waals surface area (Å²) < 4.78 is 5.66. The molecule has 0 atom stereocenters. The van der Waals surface area contributed by atoms with Crippen molar-refractivity contribution in [2.24, 2.45) is 0 Å². The van der Waals surface area contributed by atoms with Crippen molar-refractivity contribution in [1.82, 2.24) is 4.98 Å². The number of benzene rings is 1. The molecule has 0 saturated carbocycles. The molecule has 0 bridgehead atoms. The molecule has 1 heterocycles. The van der Waals surface area contributed by atoms with E-state index >= 15 is 0 Å². The third-order valence-electron chi connectivity index (χ3n) is 2.06. The first kappa shape index (κ1) is 11.2. The van der Waals surface area contributed by atoms with Crippen LogP contribution in [0.3, 0.4) is 0 Å². The fourth-order valence-corrected chi connectivity index (χ4v) is 1.69. The molecule has 0 aliphatic carbocycles. The Labute approximate surface area is 104 Å². The van der Waals surface area contributed by atoms with Crippen molar-refractivity contribution < 1.29 is 4.74 Å². The second-order valence-electron chi connectivity index (χ2n) is 3.33. The van der Waals surface area contributed by atoms with Crippen LogP contribution in [0, 0.1) is 6.92 Å². The van der Waals surface area contributed by atoms with Gasteiger partial charge in [0.1, 0.15) is 16.7 Å². The molecule has 0 fully saturated rings. The van der Waals surface area contributed by atoms with Gasteiger partial charge in [-0.3, -0.25) is 0 Å². The van der Waals surface area contributed by atoms with Gasteiger partial charge in [-0.2, -0.15) is 0 Å². The van der Waals surface area contributed by atoms with Crippen LogP contribution in [-0.2, 0) is 0 Å². The Kier molecular flexibility index (Phi) is 3.32. The number of ether oxygens (including phenoxy) is 1. The fourth-order valence-electron chi connectivity index (χ4n) is 1.30. The van der Waals surface area contributed by atoms with Gasteiger partial charge in [-0.05, 0) is 36.8 Å². The maximum atomic E-state index is 5.86. The lowest BCUT2D eigenvalue weighted by molar-refractivity contribution is 0.478. The Morgan fingerprint density at radius 2 is 1.94 bits per heavy atom. The van der Waals surface area contributed by atoms with Crippen molar-refractivity contribution in [2.75, 3.05) is 0 Å². The summed E-state index contributed by atoms with van der Waals surface area (Å²) in [6.07, 6.45) is 1.60. The molecule has 2 rings (SSSR count). The molecule has 0 aliphatic heterocycles. The second-order valence-corrected chi connectivity index (χ2v) is 4.15. The fraction of sp³-hybridized carbons (Fsp3) is 0.0833. The highest BCUT2D eigenvalue weighted by atomic mass is 35.5. The van der Waals surface area contributed by atoms with Gasteiger partial charge in [0.15, 0.2) is 0 Å². The van der Waals surface area contributed by atoms with Crippen LogP contribution in [0.2, 0.25) is 10.2 Å². The first-order valence-corrected chi connectivity index (χ1v) is 5.46. The number of aryl methyl sites for hydroxylation is 1. The number of aromatic nitrogens is 1. The number of hydrogen-bond donors (Lipinski definition) is 0. The molecule has 0 saturated heterocycles. The molecule has 0 spiro atoms. The molecular formula is C12H9Cl2NO. The molecule has 2 nitrogen and oxygen atoms in total. The number of nitrogens with zero attached hydrogens (tertiary/aromatic N) is 1. The lowest BCUT2D eigenvalue weighted by atomic mass is 10.2. The number of rotatable bonds is 2. The molecule has 1 aromatic heterocycles. The Balaban J connectivity index is 2.27. The number of pyridine rings is 1. The van der Waals surface area contributed by atoms with Crippen LogP contribution >= 0.6 is 23.2 Å². The zero-order chi connectivity index (χ0) is 11.5. The maximum Gasteiger partial charge on any atom is 0.132 e. The zero-order valence-electron chi connectivity index (χ0n) is 8.58. The lowest BCUT2D eigenvalue weighted by Crippen LogP contribution is -1.88. The molecule has 4 heteroatoms. The molecule has 1 aromatic carbocycles. The first-order valence-electron chi connectivity index (χ1n) is 4.71. The Hall–Kier alpha value is -1.25. The molecule has 82 valence electrons. The van der Waals surface area contributed by atoms with Gasteiger partial charge in [-0.15, -0.1) is 0 Å². The molecule has 16 heavy (non-hydrogen) atoms. The van der Waals surface area contributed by atoms with Crippen LogP contribution in [0.5, 0.6) is 11.5 Å². The smallest absolute Gasteiger partial charge is 0.132 e. The molecule has 0 N–H and O–H groups in total. The Bertz CT molecular complexity index is 514. The summed E-state index contributed by atoms with van der Waals surface area (Å²) in [6, 6.07) is 8.87. The summed E-state index contributed by atoms with van der Waals surface area (Å²) >= 11 is 11.6. The SMILES string of the molecule is Cc1cc(Cl)ccc1Oc1ccnc(Cl)c1. The predicted molar refractivity (Wildman–Crippen MR) is 65.5 cm³/mol. The standard InChI is InChI=1S/C12H9Cl2NO/c1-8-6-9(13)2-3-11(8)16-10-4-5-15-12(14)7-10/h2-7H,1H3. The summed E-state index contributed by atoms with van der Waals surface area (Å²) in [5, 5.41) is 1.10. The van der Waals surface area contributed by atoms with Crippen molar-refractivity contribution in [3.05, 3.63) is 52.3 Å². The predicted octanol–water partition coefficient (Wildman–Crippen LogP) is 4.49. The number of halogens is 2. The van der Waals surface area contributed by atoms with E-state index in [0.29, 0.717) is 15.9 Å². The van der Waals surface area contributed by atoms with E-state index in [2.05, 4.69) is 4.98 Å². The van der Waals surface area contributed by atoms with E-state index in [4.69, 9.17) is 27.9 Å². The minimum absolute atomic E-state index is 0.407. The van der Waals surface area contributed by atoms with Gasteiger partial charge in [-0.25, -0.2) is 4.98 Å². The highest BCUT2D eigenvalue weighted by Crippen LogP contribution is 2.27. The van der Waals surface area contributed by atoms with Crippen LogP contribution < -0.4 is 4.74 Å². The van der Waals surface area contributed by atoms with E-state index in [0.717, 1.165) is 11.3 Å². The monoisotopic (exact) mass is 253 g/mol. The minimum Gasteiger partial charge on any atom is -0.457 e. The average molecular weight is 254 g/mol. The van der Waals surface area contributed by atoms with Crippen LogP contribution in [0.4, 0.5) is 0 Å². The Morgan fingerprint density at radius 1 is 1.12 bits per heavy atom. The summed E-state index contributed by atoms with van der Waals surface area (Å²) in [5.41, 5.74) is 0.973. The topological polar surface area (TPSA) is 22.1 Å². The van der Waals surface area contributed by atoms with Crippen molar-refractivity contribution in [1.29, 1.82) is 0 Å². The summed E-state index contributed by atoms with van der Waals surface area (Å²) in [4.78, 5) is 3.88. The van der Waals surface area contributed by atoms with E-state index in [1.807, 2.05) is 19.1 Å². The van der Waals surface area contributed by atoms with Crippen LogP contribution in [-0.4, -0.2) is 4.98 Å². The van der Waals surface area contributed by atoms with Crippen molar-refractivity contribution >= 4 is 23.2 Å². The second kappa shape index (κ2) is 4.73. The summed E-state index contributed by atoms with van der Waals surface area (Å²) in [7, 11) is 0. The van der Waals surface area contributed by atoms with Crippen LogP contribution in [0.15, 0.2) is 36.5 Å². The van der Waals surface area contributed by atoms with E-state index in [9.17, 15) is 0 Å². The van der Waals surface area contributed by atoms with Crippen molar-refractivity contribution in [3.8, 4) is 11.5 Å². The van der Waals surface area contributed by atoms with Crippen molar-refractivity contribution in [3.63, 3.8) is 0 Å². The number of hydrogen-bond acceptors (Lipinski definition) is 2. The van der Waals surface area contributed by atoms with E-state index in [-0.39, 0.29) is 0 Å². The van der Waals surface area contributed by atoms with Crippen molar-refractivity contribution in [2.45, 2.75) is 6.92 Å². The normalized spacial score (nSPS) is 10.2. The highest BCUT2D eigenvalue weighted by molar-refractivity contribution is 6.30. The van der Waals surface area contributed by atoms with E-state index in [1.54, 1.807) is 24.4 Å². The van der Waals surface area contributed by atoms with Gasteiger partial charge in [0, 0.05) is 17.3 Å². The minimum atomic E-state index is 0.407. The lowest BCUT2D eigenvalue weighted by Gasteiger charge is -2.08. The summed E-state index contributed by atoms with van der Waals surface area (Å²) in [5.74, 6) is 1.41. The summed E-state index contributed by atoms with van der Waals surface area (Å²) in [6.45, 7) is 1.93.